The Kier molecular flexibility index (Phi) is 4.19. The molecule has 0 unspecified atom stereocenters. The first-order chi connectivity index (χ1) is 12.7. The Morgan fingerprint density at radius 3 is 1.88 bits per heavy atom. The molecule has 1 atom stereocenters. The fraction of sp³-hybridized carbons (Fsp3) is 0.0476. The topological polar surface area (TPSA) is 40.6 Å². The van der Waals surface area contributed by atoms with Crippen LogP contribution in [0.1, 0.15) is 11.6 Å². The number of halogens is 1. The van der Waals surface area contributed by atoms with Crippen molar-refractivity contribution in [1.29, 1.82) is 0 Å². The summed E-state index contributed by atoms with van der Waals surface area (Å²) in [6, 6.07) is 24.1. The largest absolute Gasteiger partial charge is 0.336 e. The van der Waals surface area contributed by atoms with Crippen LogP contribution in [0, 0.1) is 0 Å². The third kappa shape index (κ3) is 2.74. The van der Waals surface area contributed by atoms with Crippen LogP contribution in [0.2, 0.25) is 5.02 Å². The number of para-hydroxylation sites is 1. The van der Waals surface area contributed by atoms with E-state index in [-0.39, 0.29) is 11.9 Å². The van der Waals surface area contributed by atoms with Crippen molar-refractivity contribution in [2.75, 3.05) is 9.80 Å². The van der Waals surface area contributed by atoms with Crippen molar-refractivity contribution in [2.45, 2.75) is 6.04 Å². The van der Waals surface area contributed by atoms with Crippen LogP contribution < -0.4 is 9.80 Å². The summed E-state index contributed by atoms with van der Waals surface area (Å²) in [6.07, 6.45) is 0. The van der Waals surface area contributed by atoms with Gasteiger partial charge in [-0.25, -0.2) is 9.69 Å². The Morgan fingerprint density at radius 1 is 0.692 bits per heavy atom. The molecule has 4 nitrogen and oxygen atoms in total. The Morgan fingerprint density at radius 2 is 1.27 bits per heavy atom. The van der Waals surface area contributed by atoms with Gasteiger partial charge in [0.25, 0.3) is 5.91 Å². The molecule has 0 radical (unpaired) electrons. The van der Waals surface area contributed by atoms with E-state index in [9.17, 15) is 9.59 Å². The van der Waals surface area contributed by atoms with Crippen molar-refractivity contribution in [3.05, 3.63) is 95.5 Å². The van der Waals surface area contributed by atoms with Crippen molar-refractivity contribution >= 4 is 34.9 Å². The molecular weight excluding hydrogens is 348 g/mol. The standard InChI is InChI=1S/C21H15ClN2O2/c22-16-11-13-18(14-12-16)24-20(25)19(15-7-3-1-4-8-15)23(21(24)26)17-9-5-2-6-10-17/h1-14,19H/t19-/m1/s1. The molecular formula is C21H15ClN2O2. The van der Waals surface area contributed by atoms with Crippen LogP contribution in [0.3, 0.4) is 0 Å². The number of nitrogens with zero attached hydrogens (tertiary/aromatic N) is 2. The maximum absolute atomic E-state index is 13.2. The molecule has 0 aliphatic carbocycles. The van der Waals surface area contributed by atoms with E-state index in [0.29, 0.717) is 16.4 Å². The van der Waals surface area contributed by atoms with Crippen molar-refractivity contribution in [3.63, 3.8) is 0 Å². The number of carbonyl (C=O) groups is 2. The van der Waals surface area contributed by atoms with Crippen LogP contribution in [0.15, 0.2) is 84.9 Å². The van der Waals surface area contributed by atoms with E-state index in [1.165, 1.54) is 9.80 Å². The van der Waals surface area contributed by atoms with Crippen LogP contribution >= 0.6 is 11.6 Å². The first-order valence-electron chi connectivity index (χ1n) is 8.19. The van der Waals surface area contributed by atoms with Gasteiger partial charge in [-0.15, -0.1) is 0 Å². The lowest BCUT2D eigenvalue weighted by Crippen LogP contribution is -2.33. The van der Waals surface area contributed by atoms with Crippen LogP contribution in [0.5, 0.6) is 0 Å². The lowest BCUT2D eigenvalue weighted by Gasteiger charge is -2.22. The monoisotopic (exact) mass is 362 g/mol. The summed E-state index contributed by atoms with van der Waals surface area (Å²) < 4.78 is 0. The van der Waals surface area contributed by atoms with Gasteiger partial charge in [-0.1, -0.05) is 60.1 Å². The van der Waals surface area contributed by atoms with E-state index in [0.717, 1.165) is 5.56 Å². The Balaban J connectivity index is 1.84. The van der Waals surface area contributed by atoms with E-state index < -0.39 is 6.04 Å². The van der Waals surface area contributed by atoms with Gasteiger partial charge in [0.15, 0.2) is 0 Å². The maximum Gasteiger partial charge on any atom is 0.336 e. The molecule has 0 bridgehead atoms. The summed E-state index contributed by atoms with van der Waals surface area (Å²) in [6.45, 7) is 0. The van der Waals surface area contributed by atoms with Crippen molar-refractivity contribution in [3.8, 4) is 0 Å². The molecule has 3 aromatic rings. The zero-order valence-electron chi connectivity index (χ0n) is 13.7. The highest BCUT2D eigenvalue weighted by Gasteiger charge is 2.47. The first-order valence-corrected chi connectivity index (χ1v) is 8.57. The van der Waals surface area contributed by atoms with Crippen LogP contribution in [-0.4, -0.2) is 11.9 Å². The second-order valence-corrected chi connectivity index (χ2v) is 6.39. The number of benzene rings is 3. The number of amides is 3. The Bertz CT molecular complexity index is 885. The Hall–Kier alpha value is -3.11. The molecule has 3 aromatic carbocycles. The predicted octanol–water partition coefficient (Wildman–Crippen LogP) is 5.05. The van der Waals surface area contributed by atoms with Gasteiger partial charge in [0.2, 0.25) is 0 Å². The smallest absolute Gasteiger partial charge is 0.277 e. The number of urea groups is 1. The summed E-state index contributed by atoms with van der Waals surface area (Å²) in [5.41, 5.74) is 1.95. The molecule has 5 heteroatoms. The van der Waals surface area contributed by atoms with Gasteiger partial charge in [0.05, 0.1) is 5.69 Å². The molecule has 1 aliphatic heterocycles. The van der Waals surface area contributed by atoms with Crippen molar-refractivity contribution in [1.82, 2.24) is 0 Å². The second-order valence-electron chi connectivity index (χ2n) is 5.95. The Labute approximate surface area is 156 Å². The minimum Gasteiger partial charge on any atom is -0.277 e. The molecule has 0 saturated carbocycles. The minimum atomic E-state index is -0.707. The highest BCUT2D eigenvalue weighted by atomic mass is 35.5. The average molecular weight is 363 g/mol. The van der Waals surface area contributed by atoms with Crippen LogP contribution in [0.25, 0.3) is 0 Å². The highest BCUT2D eigenvalue weighted by Crippen LogP contribution is 2.37. The normalized spacial score (nSPS) is 17.0. The summed E-state index contributed by atoms with van der Waals surface area (Å²) in [4.78, 5) is 29.1. The summed E-state index contributed by atoms with van der Waals surface area (Å²) in [7, 11) is 0. The number of rotatable bonds is 3. The van der Waals surface area contributed by atoms with E-state index in [4.69, 9.17) is 11.6 Å². The van der Waals surface area contributed by atoms with Crippen molar-refractivity contribution < 1.29 is 9.59 Å². The van der Waals surface area contributed by atoms with Gasteiger partial charge in [0, 0.05) is 10.7 Å². The van der Waals surface area contributed by atoms with Gasteiger partial charge < -0.3 is 0 Å². The molecule has 1 aliphatic rings. The molecule has 128 valence electrons. The van der Waals surface area contributed by atoms with Crippen molar-refractivity contribution in [2.24, 2.45) is 0 Å². The minimum absolute atomic E-state index is 0.285. The van der Waals surface area contributed by atoms with Gasteiger partial charge in [0.1, 0.15) is 6.04 Å². The van der Waals surface area contributed by atoms with Gasteiger partial charge in [-0.2, -0.15) is 0 Å². The molecule has 0 spiro atoms. The molecule has 1 heterocycles. The van der Waals surface area contributed by atoms with Crippen LogP contribution in [-0.2, 0) is 4.79 Å². The fourth-order valence-corrected chi connectivity index (χ4v) is 3.27. The summed E-state index contributed by atoms with van der Waals surface area (Å²) in [5, 5.41) is 0.548. The molecule has 26 heavy (non-hydrogen) atoms. The highest BCUT2D eigenvalue weighted by molar-refractivity contribution is 6.31. The van der Waals surface area contributed by atoms with Gasteiger partial charge >= 0.3 is 6.03 Å². The summed E-state index contributed by atoms with van der Waals surface area (Å²) in [5.74, 6) is -0.285. The third-order valence-electron chi connectivity index (χ3n) is 4.34. The fourth-order valence-electron chi connectivity index (χ4n) is 3.15. The summed E-state index contributed by atoms with van der Waals surface area (Å²) >= 11 is 5.94. The van der Waals surface area contributed by atoms with E-state index in [2.05, 4.69) is 0 Å². The molecule has 0 aromatic heterocycles. The zero-order chi connectivity index (χ0) is 18.1. The molecule has 1 saturated heterocycles. The molecule has 0 N–H and O–H groups in total. The molecule has 4 rings (SSSR count). The third-order valence-corrected chi connectivity index (χ3v) is 4.60. The number of hydrogen-bond acceptors (Lipinski definition) is 2. The maximum atomic E-state index is 13.2. The second kappa shape index (κ2) is 6.65. The zero-order valence-corrected chi connectivity index (χ0v) is 14.5. The number of hydrogen-bond donors (Lipinski definition) is 0. The lowest BCUT2D eigenvalue weighted by atomic mass is 10.1. The van der Waals surface area contributed by atoms with E-state index in [1.807, 2.05) is 60.7 Å². The SMILES string of the molecule is O=C1[C@@H](c2ccccc2)N(c2ccccc2)C(=O)N1c1ccc(Cl)cc1. The van der Waals surface area contributed by atoms with E-state index in [1.54, 1.807) is 24.3 Å². The quantitative estimate of drug-likeness (QED) is 0.611. The number of carbonyl (C=O) groups excluding carboxylic acids is 2. The lowest BCUT2D eigenvalue weighted by molar-refractivity contribution is -0.118. The van der Waals surface area contributed by atoms with Gasteiger partial charge in [-0.05, 0) is 42.0 Å². The molecule has 1 fully saturated rings. The molecule has 3 amide bonds. The van der Waals surface area contributed by atoms with E-state index >= 15 is 0 Å². The average Bonchev–Trinajstić information content (AvgIpc) is 2.94. The number of imide groups is 1. The van der Waals surface area contributed by atoms with Crippen LogP contribution in [0.4, 0.5) is 16.2 Å². The predicted molar refractivity (Wildman–Crippen MR) is 102 cm³/mol. The number of anilines is 2. The first kappa shape index (κ1) is 16.4. The van der Waals surface area contributed by atoms with Gasteiger partial charge in [-0.3, -0.25) is 9.69 Å².